The Balaban J connectivity index is 1.38. The molecule has 0 spiro atoms. The molecule has 0 aliphatic heterocycles. The molecule has 1 aliphatic rings. The number of rotatable bonds is 9. The van der Waals surface area contributed by atoms with Crippen molar-refractivity contribution in [2.75, 3.05) is 13.7 Å². The maximum atomic E-state index is 12.3. The Hall–Kier alpha value is -3.15. The van der Waals surface area contributed by atoms with Gasteiger partial charge in [0.15, 0.2) is 12.4 Å². The molecule has 0 radical (unpaired) electrons. The van der Waals surface area contributed by atoms with Crippen LogP contribution in [0.2, 0.25) is 0 Å². The lowest BCUT2D eigenvalue weighted by molar-refractivity contribution is -0.148. The summed E-state index contributed by atoms with van der Waals surface area (Å²) in [6.07, 6.45) is 3.21. The number of fused-ring (bicyclic) bond motifs is 1. The standard InChI is InChI=1S/C23H25NO5/c1-28-21-8-3-2-5-19(21)14-24-22(26)15-29-23(27)12-11-20(25)18-10-9-16-6-4-7-17(16)13-18/h2-3,5,8-10,13H,4,6-7,11-12,14-15H2,1H3,(H,24,26). The Morgan fingerprint density at radius 1 is 1.00 bits per heavy atom. The van der Waals surface area contributed by atoms with Crippen molar-refractivity contribution >= 4 is 17.7 Å². The van der Waals surface area contributed by atoms with Gasteiger partial charge >= 0.3 is 5.97 Å². The normalized spacial score (nSPS) is 12.2. The van der Waals surface area contributed by atoms with Gasteiger partial charge in [-0.25, -0.2) is 0 Å². The van der Waals surface area contributed by atoms with E-state index in [4.69, 9.17) is 9.47 Å². The molecule has 0 saturated carbocycles. The van der Waals surface area contributed by atoms with Crippen molar-refractivity contribution < 1.29 is 23.9 Å². The monoisotopic (exact) mass is 395 g/mol. The predicted molar refractivity (Wildman–Crippen MR) is 108 cm³/mol. The number of nitrogens with one attached hydrogen (secondary N) is 1. The van der Waals surface area contributed by atoms with Gasteiger partial charge in [0.1, 0.15) is 5.75 Å². The lowest BCUT2D eigenvalue weighted by Crippen LogP contribution is -2.28. The Kier molecular flexibility index (Phi) is 7.00. The van der Waals surface area contributed by atoms with Crippen molar-refractivity contribution in [3.8, 4) is 5.75 Å². The van der Waals surface area contributed by atoms with E-state index in [1.165, 1.54) is 11.1 Å². The van der Waals surface area contributed by atoms with Gasteiger partial charge in [0, 0.05) is 24.1 Å². The van der Waals surface area contributed by atoms with Crippen LogP contribution in [-0.4, -0.2) is 31.4 Å². The van der Waals surface area contributed by atoms with Crippen LogP contribution in [0.15, 0.2) is 42.5 Å². The zero-order chi connectivity index (χ0) is 20.6. The molecule has 6 nitrogen and oxygen atoms in total. The molecule has 2 aromatic rings. The van der Waals surface area contributed by atoms with Gasteiger partial charge in [-0.1, -0.05) is 30.3 Å². The molecule has 0 bridgehead atoms. The van der Waals surface area contributed by atoms with Crippen molar-refractivity contribution in [2.24, 2.45) is 0 Å². The summed E-state index contributed by atoms with van der Waals surface area (Å²) in [7, 11) is 1.56. The summed E-state index contributed by atoms with van der Waals surface area (Å²) in [6, 6.07) is 13.1. The maximum absolute atomic E-state index is 12.3. The van der Waals surface area contributed by atoms with Crippen LogP contribution in [-0.2, 0) is 33.7 Å². The summed E-state index contributed by atoms with van der Waals surface area (Å²) in [5.41, 5.74) is 3.99. The van der Waals surface area contributed by atoms with Gasteiger partial charge in [0.25, 0.3) is 5.91 Å². The second kappa shape index (κ2) is 9.87. The number of hydrogen-bond acceptors (Lipinski definition) is 5. The molecule has 29 heavy (non-hydrogen) atoms. The number of carbonyl (C=O) groups is 3. The van der Waals surface area contributed by atoms with Crippen molar-refractivity contribution in [3.05, 3.63) is 64.7 Å². The van der Waals surface area contributed by atoms with E-state index in [-0.39, 0.29) is 31.8 Å². The molecule has 0 saturated heterocycles. The molecule has 3 rings (SSSR count). The fraction of sp³-hybridized carbons (Fsp3) is 0.348. The average molecular weight is 395 g/mol. The first-order valence-electron chi connectivity index (χ1n) is 9.76. The largest absolute Gasteiger partial charge is 0.496 e. The SMILES string of the molecule is COc1ccccc1CNC(=O)COC(=O)CCC(=O)c1ccc2c(c1)CCC2. The molecule has 0 heterocycles. The number of amides is 1. The van der Waals surface area contributed by atoms with E-state index in [9.17, 15) is 14.4 Å². The number of aryl methyl sites for hydroxylation is 2. The molecule has 1 N–H and O–H groups in total. The first-order valence-corrected chi connectivity index (χ1v) is 9.76. The topological polar surface area (TPSA) is 81.7 Å². The van der Waals surface area contributed by atoms with Crippen LogP contribution in [0.4, 0.5) is 0 Å². The number of esters is 1. The first-order chi connectivity index (χ1) is 14.1. The number of Topliss-reactive ketones (excluding diaryl/α,β-unsaturated/α-hetero) is 1. The highest BCUT2D eigenvalue weighted by Crippen LogP contribution is 2.23. The fourth-order valence-electron chi connectivity index (χ4n) is 3.42. The Labute approximate surface area is 170 Å². The Morgan fingerprint density at radius 2 is 1.79 bits per heavy atom. The fourth-order valence-corrected chi connectivity index (χ4v) is 3.42. The third kappa shape index (κ3) is 5.67. The number of para-hydroxylation sites is 1. The molecule has 0 atom stereocenters. The van der Waals surface area contributed by atoms with Crippen LogP contribution in [0, 0.1) is 0 Å². The molecular weight excluding hydrogens is 370 g/mol. The number of ketones is 1. The minimum absolute atomic E-state index is 0.0459. The molecule has 0 aromatic heterocycles. The van der Waals surface area contributed by atoms with Crippen LogP contribution in [0.25, 0.3) is 0 Å². The predicted octanol–water partition coefficient (Wildman–Crippen LogP) is 3.01. The minimum atomic E-state index is -0.563. The summed E-state index contributed by atoms with van der Waals surface area (Å²) >= 11 is 0. The molecule has 6 heteroatoms. The van der Waals surface area contributed by atoms with Gasteiger partial charge in [-0.15, -0.1) is 0 Å². The van der Waals surface area contributed by atoms with Gasteiger partial charge in [-0.2, -0.15) is 0 Å². The van der Waals surface area contributed by atoms with Crippen molar-refractivity contribution in [3.63, 3.8) is 0 Å². The Morgan fingerprint density at radius 3 is 2.62 bits per heavy atom. The van der Waals surface area contributed by atoms with Crippen molar-refractivity contribution in [1.29, 1.82) is 0 Å². The second-order valence-electron chi connectivity index (χ2n) is 7.01. The van der Waals surface area contributed by atoms with E-state index in [0.29, 0.717) is 11.3 Å². The number of carbonyl (C=O) groups excluding carboxylic acids is 3. The highest BCUT2D eigenvalue weighted by molar-refractivity contribution is 5.98. The summed E-state index contributed by atoms with van der Waals surface area (Å²) < 4.78 is 10.2. The Bertz CT molecular complexity index is 906. The maximum Gasteiger partial charge on any atom is 0.306 e. The molecule has 1 amide bonds. The van der Waals surface area contributed by atoms with Crippen LogP contribution in [0.1, 0.15) is 46.3 Å². The zero-order valence-electron chi connectivity index (χ0n) is 16.5. The van der Waals surface area contributed by atoms with Gasteiger partial charge in [0.2, 0.25) is 0 Å². The number of hydrogen-bond donors (Lipinski definition) is 1. The van der Waals surface area contributed by atoms with Crippen LogP contribution >= 0.6 is 0 Å². The lowest BCUT2D eigenvalue weighted by atomic mass is 10.0. The average Bonchev–Trinajstić information content (AvgIpc) is 3.22. The van der Waals surface area contributed by atoms with Gasteiger partial charge in [0.05, 0.1) is 13.5 Å². The van der Waals surface area contributed by atoms with Crippen LogP contribution in [0.3, 0.4) is 0 Å². The summed E-state index contributed by atoms with van der Waals surface area (Å²) in [5, 5.41) is 2.68. The van der Waals surface area contributed by atoms with E-state index in [0.717, 1.165) is 24.8 Å². The highest BCUT2D eigenvalue weighted by atomic mass is 16.5. The number of methoxy groups -OCH3 is 1. The third-order valence-electron chi connectivity index (χ3n) is 5.01. The molecular formula is C23H25NO5. The van der Waals surface area contributed by atoms with Gasteiger partial charge in [-0.3, -0.25) is 14.4 Å². The van der Waals surface area contributed by atoms with Gasteiger partial charge < -0.3 is 14.8 Å². The van der Waals surface area contributed by atoms with E-state index in [2.05, 4.69) is 5.32 Å². The van der Waals surface area contributed by atoms with E-state index < -0.39 is 11.9 Å². The quantitative estimate of drug-likeness (QED) is 0.521. The van der Waals surface area contributed by atoms with E-state index in [1.807, 2.05) is 36.4 Å². The summed E-state index contributed by atoms with van der Waals surface area (Å²) in [6.45, 7) is -0.0990. The van der Waals surface area contributed by atoms with Crippen molar-refractivity contribution in [1.82, 2.24) is 5.32 Å². The molecule has 0 fully saturated rings. The second-order valence-corrected chi connectivity index (χ2v) is 7.01. The molecule has 152 valence electrons. The van der Waals surface area contributed by atoms with E-state index in [1.54, 1.807) is 13.2 Å². The third-order valence-corrected chi connectivity index (χ3v) is 5.01. The highest BCUT2D eigenvalue weighted by Gasteiger charge is 2.16. The van der Waals surface area contributed by atoms with E-state index >= 15 is 0 Å². The summed E-state index contributed by atoms with van der Waals surface area (Å²) in [5.74, 6) is -0.381. The lowest BCUT2D eigenvalue weighted by Gasteiger charge is -2.10. The number of benzene rings is 2. The van der Waals surface area contributed by atoms with Crippen LogP contribution in [0.5, 0.6) is 5.75 Å². The molecule has 2 aromatic carbocycles. The smallest absolute Gasteiger partial charge is 0.306 e. The zero-order valence-corrected chi connectivity index (χ0v) is 16.5. The van der Waals surface area contributed by atoms with Crippen molar-refractivity contribution in [2.45, 2.75) is 38.6 Å². The molecule has 1 aliphatic carbocycles. The minimum Gasteiger partial charge on any atom is -0.496 e. The number of ether oxygens (including phenoxy) is 2. The first kappa shape index (κ1) is 20.6. The van der Waals surface area contributed by atoms with Gasteiger partial charge in [-0.05, 0) is 42.5 Å². The summed E-state index contributed by atoms with van der Waals surface area (Å²) in [4.78, 5) is 36.1. The van der Waals surface area contributed by atoms with Crippen LogP contribution < -0.4 is 10.1 Å². The molecule has 0 unspecified atom stereocenters.